The molecule has 0 amide bonds. The normalized spacial score (nSPS) is 33.2. The van der Waals surface area contributed by atoms with Crippen LogP contribution in [0, 0.1) is 24.7 Å². The van der Waals surface area contributed by atoms with Gasteiger partial charge in [0.1, 0.15) is 29.8 Å². The van der Waals surface area contributed by atoms with E-state index in [4.69, 9.17) is 18.6 Å². The molecule has 10 nitrogen and oxygen atoms in total. The van der Waals surface area contributed by atoms with Gasteiger partial charge in [-0.25, -0.2) is 9.78 Å². The number of hydrogen-bond donors (Lipinski definition) is 3. The van der Waals surface area contributed by atoms with Gasteiger partial charge in [-0.05, 0) is 56.8 Å². The molecule has 0 aromatic carbocycles. The van der Waals surface area contributed by atoms with Crippen LogP contribution in [-0.2, 0) is 23.8 Å². The van der Waals surface area contributed by atoms with Crippen LogP contribution < -0.4 is 0 Å². The lowest BCUT2D eigenvalue weighted by atomic mass is 9.86. The predicted molar refractivity (Wildman–Crippen MR) is 170 cm³/mol. The second kappa shape index (κ2) is 16.3. The molecule has 0 saturated carbocycles. The van der Waals surface area contributed by atoms with Crippen LogP contribution in [0.4, 0.5) is 0 Å². The molecule has 0 spiro atoms. The van der Waals surface area contributed by atoms with E-state index in [1.807, 2.05) is 44.2 Å². The topological polar surface area (TPSA) is 152 Å². The van der Waals surface area contributed by atoms with E-state index in [1.165, 1.54) is 13.2 Å². The number of nitrogens with zero attached hydrogens (tertiary/aromatic N) is 1. The monoisotopic (exact) mass is 627 g/mol. The van der Waals surface area contributed by atoms with E-state index in [-0.39, 0.29) is 30.8 Å². The summed E-state index contributed by atoms with van der Waals surface area (Å²) in [5.41, 5.74) is 1.41. The van der Waals surface area contributed by atoms with Gasteiger partial charge in [-0.1, -0.05) is 50.3 Å². The first kappa shape index (κ1) is 36.2. The van der Waals surface area contributed by atoms with Gasteiger partial charge < -0.3 is 33.9 Å². The highest BCUT2D eigenvalue weighted by Gasteiger charge is 2.56. The molecule has 10 heteroatoms. The zero-order valence-corrected chi connectivity index (χ0v) is 27.4. The van der Waals surface area contributed by atoms with Gasteiger partial charge in [0.05, 0.1) is 25.4 Å². The van der Waals surface area contributed by atoms with Crippen molar-refractivity contribution in [1.29, 1.82) is 0 Å². The largest absolute Gasteiger partial charge is 0.469 e. The maximum Gasteiger partial charge on any atom is 0.330 e. The summed E-state index contributed by atoms with van der Waals surface area (Å²) in [6.07, 6.45) is 12.5. The van der Waals surface area contributed by atoms with E-state index in [1.54, 1.807) is 46.1 Å². The van der Waals surface area contributed by atoms with E-state index in [2.05, 4.69) is 4.98 Å². The molecule has 0 bridgehead atoms. The highest BCUT2D eigenvalue weighted by Crippen LogP contribution is 2.43. The Balaban J connectivity index is 1.79. The fourth-order valence-corrected chi connectivity index (χ4v) is 5.45. The number of aromatic nitrogens is 1. The van der Waals surface area contributed by atoms with Gasteiger partial charge in [0.2, 0.25) is 0 Å². The highest BCUT2D eigenvalue weighted by atomic mass is 16.6. The third-order valence-electron chi connectivity index (χ3n) is 8.73. The van der Waals surface area contributed by atoms with E-state index in [0.717, 1.165) is 11.3 Å². The average molecular weight is 628 g/mol. The lowest BCUT2D eigenvalue weighted by Crippen LogP contribution is -2.40. The zero-order valence-electron chi connectivity index (χ0n) is 27.4. The average Bonchev–Trinajstić information content (AvgIpc) is 3.50. The third-order valence-corrected chi connectivity index (χ3v) is 8.73. The number of oxazole rings is 1. The number of aliphatic hydroxyl groups excluding tert-OH is 3. The molecule has 0 radical (unpaired) electrons. The molecule has 3 heterocycles. The van der Waals surface area contributed by atoms with Crippen molar-refractivity contribution in [1.82, 2.24) is 4.98 Å². The number of ether oxygens (including phenoxy) is 3. The van der Waals surface area contributed by atoms with E-state index in [0.29, 0.717) is 24.3 Å². The highest BCUT2D eigenvalue weighted by molar-refractivity contribution is 5.82. The summed E-state index contributed by atoms with van der Waals surface area (Å²) in [6.45, 7) is 10.9. The number of allylic oxidation sites excluding steroid dienone is 5. The molecule has 2 aliphatic heterocycles. The molecular weight excluding hydrogens is 578 g/mol. The van der Waals surface area contributed by atoms with Crippen molar-refractivity contribution in [3.63, 3.8) is 0 Å². The Morgan fingerprint density at radius 2 is 1.98 bits per heavy atom. The summed E-state index contributed by atoms with van der Waals surface area (Å²) in [5, 5.41) is 33.3. The van der Waals surface area contributed by atoms with E-state index in [9.17, 15) is 24.9 Å². The minimum Gasteiger partial charge on any atom is -0.469 e. The van der Waals surface area contributed by atoms with Crippen LogP contribution in [0.3, 0.4) is 0 Å². The van der Waals surface area contributed by atoms with Crippen molar-refractivity contribution in [3.05, 3.63) is 71.5 Å². The minimum absolute atomic E-state index is 0.0455. The van der Waals surface area contributed by atoms with Crippen molar-refractivity contribution in [2.75, 3.05) is 7.11 Å². The molecule has 0 aliphatic carbocycles. The molecule has 1 fully saturated rings. The smallest absolute Gasteiger partial charge is 0.330 e. The molecule has 2 aliphatic rings. The van der Waals surface area contributed by atoms with E-state index < -0.39 is 47.9 Å². The Bertz CT molecular complexity index is 1310. The molecule has 9 atom stereocenters. The number of fused-ring (bicyclic) bond motifs is 1. The number of aryl methyl sites for hydroxylation is 1. The fraction of sp³-hybridized carbons (Fsp3) is 0.571. The summed E-state index contributed by atoms with van der Waals surface area (Å²) in [5.74, 6) is -1.48. The molecule has 45 heavy (non-hydrogen) atoms. The van der Waals surface area contributed by atoms with Crippen molar-refractivity contribution in [2.45, 2.75) is 103 Å². The molecule has 3 rings (SSSR count). The molecule has 248 valence electrons. The number of rotatable bonds is 8. The van der Waals surface area contributed by atoms with Gasteiger partial charge >= 0.3 is 11.9 Å². The molecule has 1 aromatic rings. The van der Waals surface area contributed by atoms with Crippen LogP contribution in [0.1, 0.15) is 71.9 Å². The summed E-state index contributed by atoms with van der Waals surface area (Å²) in [6, 6.07) is 0. The molecule has 1 aromatic heterocycles. The lowest BCUT2D eigenvalue weighted by Gasteiger charge is -2.30. The number of esters is 2. The Morgan fingerprint density at radius 1 is 1.24 bits per heavy atom. The number of epoxide rings is 1. The third kappa shape index (κ3) is 10.6. The number of aliphatic hydroxyl groups is 3. The number of carbonyl (C=O) groups is 2. The molecule has 3 N–H and O–H groups in total. The Morgan fingerprint density at radius 3 is 2.64 bits per heavy atom. The molecule has 0 unspecified atom stereocenters. The summed E-state index contributed by atoms with van der Waals surface area (Å²) >= 11 is 0. The van der Waals surface area contributed by atoms with Gasteiger partial charge in [-0.3, -0.25) is 4.79 Å². The Hall–Kier alpha value is -3.31. The number of hydrogen-bond acceptors (Lipinski definition) is 10. The van der Waals surface area contributed by atoms with Crippen LogP contribution in [0.5, 0.6) is 0 Å². The van der Waals surface area contributed by atoms with E-state index >= 15 is 0 Å². The molecule has 1 saturated heterocycles. The van der Waals surface area contributed by atoms with Gasteiger partial charge in [-0.2, -0.15) is 0 Å². The number of cyclic esters (lactones) is 1. The van der Waals surface area contributed by atoms with Crippen LogP contribution in [0.25, 0.3) is 6.08 Å². The van der Waals surface area contributed by atoms with Crippen LogP contribution in [0.2, 0.25) is 0 Å². The molecular formula is C35H49NO9. The van der Waals surface area contributed by atoms with Crippen molar-refractivity contribution in [3.8, 4) is 0 Å². The van der Waals surface area contributed by atoms with Crippen LogP contribution in [-0.4, -0.2) is 75.5 Å². The van der Waals surface area contributed by atoms with Gasteiger partial charge in [0.15, 0.2) is 5.89 Å². The standard InChI is InChI=1S/C35H49NO9/c1-21(16-27-20-43-25(5)36-27)10-8-11-23(3)34(41)24(4)29-19-30(38)35(6)31(45-35)15-14-22(2)28(37)17-26(18-33(40)42-7)12-9-13-32(39)44-29/h8-11,13-16,20,22,24,26,28-31,34,37-38,41H,12,17-19H2,1-7H3/b10-8+,13-9+,15-14+,21-16+,23-11+/t22-,24+,26-,28-,29+,30+,31-,34+,35+/m1/s1. The second-order valence-electron chi connectivity index (χ2n) is 12.5. The maximum atomic E-state index is 13.0. The summed E-state index contributed by atoms with van der Waals surface area (Å²) in [4.78, 5) is 29.2. The first-order valence-corrected chi connectivity index (χ1v) is 15.5. The summed E-state index contributed by atoms with van der Waals surface area (Å²) in [7, 11) is 1.32. The van der Waals surface area contributed by atoms with Gasteiger partial charge in [0, 0.05) is 37.7 Å². The van der Waals surface area contributed by atoms with Crippen LogP contribution in [0.15, 0.2) is 64.4 Å². The van der Waals surface area contributed by atoms with Crippen molar-refractivity contribution in [2.24, 2.45) is 17.8 Å². The fourth-order valence-electron chi connectivity index (χ4n) is 5.45. The van der Waals surface area contributed by atoms with Crippen molar-refractivity contribution < 1.29 is 43.5 Å². The SMILES string of the molecule is COC(=O)C[C@@H]1C/C=C/C(=O)O[C@H]([C@H](C)[C@@H](O)/C(C)=C/C=C/C(C)=C/c2coc(C)n2)C[C@H](O)[C@]2(C)O[C@@H]2/C=C/[C@@H](C)[C@H](O)C1. The Kier molecular flexibility index (Phi) is 13.1. The Labute approximate surface area is 266 Å². The quantitative estimate of drug-likeness (QED) is 0.159. The first-order chi connectivity index (χ1) is 21.2. The van der Waals surface area contributed by atoms with Crippen molar-refractivity contribution >= 4 is 18.0 Å². The maximum absolute atomic E-state index is 13.0. The van der Waals surface area contributed by atoms with Gasteiger partial charge in [0.25, 0.3) is 0 Å². The summed E-state index contributed by atoms with van der Waals surface area (Å²) < 4.78 is 21.7. The second-order valence-corrected chi connectivity index (χ2v) is 12.5. The minimum atomic E-state index is -0.988. The number of carbonyl (C=O) groups excluding carboxylic acids is 2. The zero-order chi connectivity index (χ0) is 33.3. The van der Waals surface area contributed by atoms with Gasteiger partial charge in [-0.15, -0.1) is 0 Å². The predicted octanol–water partition coefficient (Wildman–Crippen LogP) is 4.79. The lowest BCUT2D eigenvalue weighted by molar-refractivity contribution is -0.150. The first-order valence-electron chi connectivity index (χ1n) is 15.5. The number of methoxy groups -OCH3 is 1. The van der Waals surface area contributed by atoms with Crippen LogP contribution >= 0.6 is 0 Å².